The maximum Gasteiger partial charge on any atom is 0.308 e. The number of methoxy groups -OCH3 is 2. The normalized spacial score (nSPS) is 13.4. The number of aldehydes is 1. The van der Waals surface area contributed by atoms with Gasteiger partial charge in [0.2, 0.25) is 0 Å². The molecular weight excluding hydrogens is 268 g/mol. The molecule has 7 nitrogen and oxygen atoms in total. The molecule has 0 bridgehead atoms. The third kappa shape index (κ3) is 3.46. The minimum atomic E-state index is -1.43. The van der Waals surface area contributed by atoms with Gasteiger partial charge in [-0.3, -0.25) is 9.59 Å². The summed E-state index contributed by atoms with van der Waals surface area (Å²) in [5, 5.41) is 29.3. The maximum absolute atomic E-state index is 11.0. The molecule has 1 aromatic rings. The van der Waals surface area contributed by atoms with Crippen molar-refractivity contribution in [3.63, 3.8) is 0 Å². The molecule has 2 unspecified atom stereocenters. The van der Waals surface area contributed by atoms with Crippen LogP contribution in [0.1, 0.15) is 28.4 Å². The molecule has 20 heavy (non-hydrogen) atoms. The minimum absolute atomic E-state index is 0.0195. The molecule has 1 rings (SSSR count). The van der Waals surface area contributed by atoms with Crippen molar-refractivity contribution >= 4 is 12.3 Å². The minimum Gasteiger partial charge on any atom is -0.504 e. The number of phenolic OH excluding ortho intramolecular Hbond substituents is 1. The Bertz CT molecular complexity index is 498. The van der Waals surface area contributed by atoms with E-state index in [1.807, 2.05) is 0 Å². The Labute approximate surface area is 115 Å². The van der Waals surface area contributed by atoms with E-state index in [9.17, 15) is 24.9 Å². The summed E-state index contributed by atoms with van der Waals surface area (Å²) < 4.78 is 9.25. The fraction of sp³-hybridized carbons (Fsp3) is 0.385. The number of rotatable bonds is 6. The highest BCUT2D eigenvalue weighted by Gasteiger charge is 2.24. The third-order valence-corrected chi connectivity index (χ3v) is 2.78. The zero-order chi connectivity index (χ0) is 15.3. The zero-order valence-electron chi connectivity index (χ0n) is 11.1. The number of aliphatic hydroxyl groups excluding tert-OH is 2. The Kier molecular flexibility index (Phi) is 5.48. The van der Waals surface area contributed by atoms with E-state index in [0.29, 0.717) is 6.29 Å². The van der Waals surface area contributed by atoms with Crippen LogP contribution in [0.25, 0.3) is 0 Å². The van der Waals surface area contributed by atoms with Gasteiger partial charge in [0.1, 0.15) is 6.10 Å². The van der Waals surface area contributed by atoms with E-state index in [1.165, 1.54) is 19.2 Å². The summed E-state index contributed by atoms with van der Waals surface area (Å²) in [6.45, 7) is 0. The lowest BCUT2D eigenvalue weighted by Gasteiger charge is -2.18. The number of phenols is 1. The highest BCUT2D eigenvalue weighted by atomic mass is 16.5. The summed E-state index contributed by atoms with van der Waals surface area (Å²) in [5.74, 6) is -1.06. The van der Waals surface area contributed by atoms with Gasteiger partial charge in [0.25, 0.3) is 0 Å². The fourth-order valence-electron chi connectivity index (χ4n) is 1.66. The Morgan fingerprint density at radius 2 is 2.00 bits per heavy atom. The number of ether oxygens (including phenoxy) is 2. The van der Waals surface area contributed by atoms with Crippen molar-refractivity contribution in [2.24, 2.45) is 0 Å². The summed E-state index contributed by atoms with van der Waals surface area (Å²) in [5.41, 5.74) is 0.0434. The molecule has 0 aliphatic carbocycles. The second-order valence-electron chi connectivity index (χ2n) is 4.07. The summed E-state index contributed by atoms with van der Waals surface area (Å²) in [4.78, 5) is 21.9. The number of esters is 1. The van der Waals surface area contributed by atoms with Crippen LogP contribution in [0, 0.1) is 0 Å². The lowest BCUT2D eigenvalue weighted by Crippen LogP contribution is -2.22. The smallest absolute Gasteiger partial charge is 0.308 e. The van der Waals surface area contributed by atoms with Crippen LogP contribution >= 0.6 is 0 Å². The standard InChI is InChI=1S/C13H16O7/c1-19-10-4-7(3-8(6-14)13(10)18)12(17)9(15)5-11(16)20-2/h3-4,6,9,12,15,17-18H,5H2,1-2H3. The van der Waals surface area contributed by atoms with E-state index in [1.54, 1.807) is 0 Å². The van der Waals surface area contributed by atoms with Gasteiger partial charge >= 0.3 is 5.97 Å². The molecule has 3 N–H and O–H groups in total. The summed E-state index contributed by atoms with van der Waals surface area (Å²) in [6.07, 6.45) is -2.85. The van der Waals surface area contributed by atoms with E-state index in [2.05, 4.69) is 4.74 Å². The molecule has 1 aromatic carbocycles. The average Bonchev–Trinajstić information content (AvgIpc) is 2.46. The van der Waals surface area contributed by atoms with Crippen molar-refractivity contribution in [2.75, 3.05) is 14.2 Å². The van der Waals surface area contributed by atoms with E-state index in [0.717, 1.165) is 7.11 Å². The third-order valence-electron chi connectivity index (χ3n) is 2.78. The molecule has 0 amide bonds. The second-order valence-corrected chi connectivity index (χ2v) is 4.07. The molecule has 2 atom stereocenters. The molecule has 0 fully saturated rings. The number of benzene rings is 1. The largest absolute Gasteiger partial charge is 0.504 e. The van der Waals surface area contributed by atoms with Crippen molar-refractivity contribution < 1.29 is 34.4 Å². The van der Waals surface area contributed by atoms with Crippen LogP contribution in [0.4, 0.5) is 0 Å². The molecule has 0 heterocycles. The molecular formula is C13H16O7. The molecule has 0 saturated heterocycles. The van der Waals surface area contributed by atoms with Gasteiger partial charge < -0.3 is 24.8 Å². The summed E-state index contributed by atoms with van der Waals surface area (Å²) >= 11 is 0. The number of hydrogen-bond donors (Lipinski definition) is 3. The monoisotopic (exact) mass is 284 g/mol. The molecule has 0 spiro atoms. The average molecular weight is 284 g/mol. The maximum atomic E-state index is 11.0. The van der Waals surface area contributed by atoms with Gasteiger partial charge in [-0.2, -0.15) is 0 Å². The number of aliphatic hydroxyl groups is 2. The van der Waals surface area contributed by atoms with E-state index in [4.69, 9.17) is 4.74 Å². The van der Waals surface area contributed by atoms with Crippen LogP contribution in [0.2, 0.25) is 0 Å². The molecule has 0 radical (unpaired) electrons. The van der Waals surface area contributed by atoms with Gasteiger partial charge in [-0.05, 0) is 17.7 Å². The Morgan fingerprint density at radius 3 is 2.50 bits per heavy atom. The Morgan fingerprint density at radius 1 is 1.35 bits per heavy atom. The van der Waals surface area contributed by atoms with Crippen molar-refractivity contribution in [3.05, 3.63) is 23.3 Å². The first-order valence-corrected chi connectivity index (χ1v) is 5.73. The summed E-state index contributed by atoms with van der Waals surface area (Å²) in [7, 11) is 2.44. The number of aromatic hydroxyl groups is 1. The number of hydrogen-bond acceptors (Lipinski definition) is 7. The Balaban J connectivity index is 3.06. The van der Waals surface area contributed by atoms with Crippen molar-refractivity contribution in [1.82, 2.24) is 0 Å². The van der Waals surface area contributed by atoms with Gasteiger partial charge in [-0.25, -0.2) is 0 Å². The lowest BCUT2D eigenvalue weighted by molar-refractivity contribution is -0.144. The fourth-order valence-corrected chi connectivity index (χ4v) is 1.66. The molecule has 7 heteroatoms. The first-order valence-electron chi connectivity index (χ1n) is 5.73. The predicted octanol–water partition coefficient (Wildman–Crippen LogP) is 0.171. The number of carbonyl (C=O) groups excluding carboxylic acids is 2. The van der Waals surface area contributed by atoms with Gasteiger partial charge in [0.15, 0.2) is 17.8 Å². The second kappa shape index (κ2) is 6.88. The molecule has 110 valence electrons. The predicted molar refractivity (Wildman–Crippen MR) is 67.6 cm³/mol. The lowest BCUT2D eigenvalue weighted by atomic mass is 9.99. The van der Waals surface area contributed by atoms with Crippen molar-refractivity contribution in [1.29, 1.82) is 0 Å². The van der Waals surface area contributed by atoms with E-state index in [-0.39, 0.29) is 22.6 Å². The number of carbonyl (C=O) groups is 2. The van der Waals surface area contributed by atoms with E-state index < -0.39 is 24.6 Å². The zero-order valence-corrected chi connectivity index (χ0v) is 11.1. The SMILES string of the molecule is COC(=O)CC(O)C(O)c1cc(C=O)c(O)c(OC)c1. The van der Waals surface area contributed by atoms with Crippen LogP contribution in [0.15, 0.2) is 12.1 Å². The molecule has 0 aliphatic rings. The highest BCUT2D eigenvalue weighted by molar-refractivity contribution is 5.81. The van der Waals surface area contributed by atoms with Crippen molar-refractivity contribution in [3.8, 4) is 11.5 Å². The molecule has 0 saturated carbocycles. The molecule has 0 aliphatic heterocycles. The van der Waals surface area contributed by atoms with Crippen LogP contribution in [-0.4, -0.2) is 47.9 Å². The molecule has 0 aromatic heterocycles. The van der Waals surface area contributed by atoms with Crippen molar-refractivity contribution in [2.45, 2.75) is 18.6 Å². The van der Waals surface area contributed by atoms with Gasteiger partial charge in [0.05, 0.1) is 32.3 Å². The Hall–Kier alpha value is -2.12. The first-order chi connectivity index (χ1) is 9.44. The summed E-state index contributed by atoms with van der Waals surface area (Å²) in [6, 6.07) is 2.48. The van der Waals surface area contributed by atoms with Gasteiger partial charge in [0, 0.05) is 0 Å². The highest BCUT2D eigenvalue weighted by Crippen LogP contribution is 2.33. The van der Waals surface area contributed by atoms with Crippen LogP contribution in [0.5, 0.6) is 11.5 Å². The van der Waals surface area contributed by atoms with Gasteiger partial charge in [-0.15, -0.1) is 0 Å². The first kappa shape index (κ1) is 15.9. The van der Waals surface area contributed by atoms with E-state index >= 15 is 0 Å². The topological polar surface area (TPSA) is 113 Å². The van der Waals surface area contributed by atoms with Crippen LogP contribution < -0.4 is 4.74 Å². The van der Waals surface area contributed by atoms with Crippen LogP contribution in [-0.2, 0) is 9.53 Å². The van der Waals surface area contributed by atoms with Gasteiger partial charge in [-0.1, -0.05) is 0 Å². The van der Waals surface area contributed by atoms with Crippen LogP contribution in [0.3, 0.4) is 0 Å². The quantitative estimate of drug-likeness (QED) is 0.504.